The molecule has 0 aliphatic rings. The van der Waals surface area contributed by atoms with Gasteiger partial charge in [-0.05, 0) is 24.1 Å². The number of methoxy groups -OCH3 is 2. The summed E-state index contributed by atoms with van der Waals surface area (Å²) >= 11 is 0. The summed E-state index contributed by atoms with van der Waals surface area (Å²) < 4.78 is 15.4. The van der Waals surface area contributed by atoms with Gasteiger partial charge < -0.3 is 14.2 Å². The van der Waals surface area contributed by atoms with E-state index in [4.69, 9.17) is 14.2 Å². The second kappa shape index (κ2) is 5.50. The molecule has 1 aromatic rings. The topological polar surface area (TPSA) is 27.7 Å². The average molecular weight is 196 g/mol. The smallest absolute Gasteiger partial charge is 0.188 e. The predicted octanol–water partition coefficient (Wildman–Crippen LogP) is 2.24. The van der Waals surface area contributed by atoms with Gasteiger partial charge in [-0.1, -0.05) is 13.0 Å². The van der Waals surface area contributed by atoms with E-state index in [-0.39, 0.29) is 6.79 Å². The highest BCUT2D eigenvalue weighted by atomic mass is 16.7. The summed E-state index contributed by atoms with van der Waals surface area (Å²) in [5.74, 6) is 1.47. The van der Waals surface area contributed by atoms with Gasteiger partial charge in [-0.2, -0.15) is 0 Å². The van der Waals surface area contributed by atoms with E-state index < -0.39 is 0 Å². The fourth-order valence-electron chi connectivity index (χ4n) is 1.17. The van der Waals surface area contributed by atoms with E-state index in [0.29, 0.717) is 5.75 Å². The molecule has 1 aromatic carbocycles. The van der Waals surface area contributed by atoms with Crippen molar-refractivity contribution < 1.29 is 14.2 Å². The largest absolute Gasteiger partial charge is 0.493 e. The SMILES string of the molecule is CCc1ccc(OCOC)c(OC)c1. The summed E-state index contributed by atoms with van der Waals surface area (Å²) in [6, 6.07) is 5.90. The van der Waals surface area contributed by atoms with Crippen LogP contribution in [0.5, 0.6) is 11.5 Å². The lowest BCUT2D eigenvalue weighted by Crippen LogP contribution is -2.01. The summed E-state index contributed by atoms with van der Waals surface area (Å²) in [7, 11) is 3.22. The van der Waals surface area contributed by atoms with Gasteiger partial charge in [-0.15, -0.1) is 0 Å². The Kier molecular flexibility index (Phi) is 4.26. The van der Waals surface area contributed by atoms with Crippen molar-refractivity contribution in [3.63, 3.8) is 0 Å². The fourth-order valence-corrected chi connectivity index (χ4v) is 1.17. The van der Waals surface area contributed by atoms with Crippen LogP contribution < -0.4 is 9.47 Å². The van der Waals surface area contributed by atoms with Gasteiger partial charge in [0.05, 0.1) is 7.11 Å². The van der Waals surface area contributed by atoms with E-state index in [0.717, 1.165) is 12.2 Å². The average Bonchev–Trinajstić information content (AvgIpc) is 2.26. The van der Waals surface area contributed by atoms with Crippen LogP contribution in [0.3, 0.4) is 0 Å². The van der Waals surface area contributed by atoms with Crippen LogP contribution in [-0.2, 0) is 11.2 Å². The van der Waals surface area contributed by atoms with Crippen molar-refractivity contribution in [2.45, 2.75) is 13.3 Å². The number of benzene rings is 1. The number of hydrogen-bond acceptors (Lipinski definition) is 3. The minimum Gasteiger partial charge on any atom is -0.493 e. The molecule has 14 heavy (non-hydrogen) atoms. The molecule has 0 saturated carbocycles. The predicted molar refractivity (Wildman–Crippen MR) is 54.9 cm³/mol. The Labute approximate surface area is 84.6 Å². The van der Waals surface area contributed by atoms with Gasteiger partial charge >= 0.3 is 0 Å². The van der Waals surface area contributed by atoms with Crippen molar-refractivity contribution in [2.75, 3.05) is 21.0 Å². The number of aryl methyl sites for hydroxylation is 1. The lowest BCUT2D eigenvalue weighted by atomic mass is 10.1. The minimum atomic E-state index is 0.238. The lowest BCUT2D eigenvalue weighted by Gasteiger charge is -2.10. The first-order valence-electron chi connectivity index (χ1n) is 4.60. The molecule has 0 fully saturated rings. The molecule has 78 valence electrons. The van der Waals surface area contributed by atoms with Gasteiger partial charge in [0.15, 0.2) is 18.3 Å². The normalized spacial score (nSPS) is 9.93. The first-order chi connectivity index (χ1) is 6.81. The van der Waals surface area contributed by atoms with Gasteiger partial charge in [0.2, 0.25) is 0 Å². The van der Waals surface area contributed by atoms with Crippen molar-refractivity contribution in [1.29, 1.82) is 0 Å². The van der Waals surface area contributed by atoms with Crippen LogP contribution in [0.15, 0.2) is 18.2 Å². The molecule has 3 heteroatoms. The van der Waals surface area contributed by atoms with Crippen LogP contribution in [0.2, 0.25) is 0 Å². The standard InChI is InChI=1S/C11H16O3/c1-4-9-5-6-10(14-8-12-2)11(7-9)13-3/h5-7H,4,8H2,1-3H3. The van der Waals surface area contributed by atoms with Crippen molar-refractivity contribution in [1.82, 2.24) is 0 Å². The van der Waals surface area contributed by atoms with E-state index in [9.17, 15) is 0 Å². The highest BCUT2D eigenvalue weighted by Gasteiger charge is 2.04. The van der Waals surface area contributed by atoms with E-state index in [1.165, 1.54) is 5.56 Å². The van der Waals surface area contributed by atoms with Crippen LogP contribution >= 0.6 is 0 Å². The number of rotatable bonds is 5. The number of ether oxygens (including phenoxy) is 3. The summed E-state index contributed by atoms with van der Waals surface area (Å²) in [6.07, 6.45) is 0.987. The van der Waals surface area contributed by atoms with E-state index in [1.54, 1.807) is 14.2 Å². The maximum atomic E-state index is 5.33. The maximum Gasteiger partial charge on any atom is 0.188 e. The Balaban J connectivity index is 2.82. The summed E-state index contributed by atoms with van der Waals surface area (Å²) in [5, 5.41) is 0. The third kappa shape index (κ3) is 2.64. The highest BCUT2D eigenvalue weighted by molar-refractivity contribution is 5.42. The van der Waals surface area contributed by atoms with Crippen molar-refractivity contribution >= 4 is 0 Å². The van der Waals surface area contributed by atoms with Crippen LogP contribution in [0, 0.1) is 0 Å². The number of hydrogen-bond donors (Lipinski definition) is 0. The van der Waals surface area contributed by atoms with Crippen LogP contribution in [-0.4, -0.2) is 21.0 Å². The molecule has 0 aliphatic carbocycles. The quantitative estimate of drug-likeness (QED) is 0.676. The Hall–Kier alpha value is -1.22. The molecule has 0 saturated heterocycles. The summed E-state index contributed by atoms with van der Waals surface area (Å²) in [4.78, 5) is 0. The van der Waals surface area contributed by atoms with Crippen LogP contribution in [0.4, 0.5) is 0 Å². The summed E-state index contributed by atoms with van der Waals surface area (Å²) in [6.45, 7) is 2.34. The van der Waals surface area contributed by atoms with E-state index in [1.807, 2.05) is 18.2 Å². The molecular weight excluding hydrogens is 180 g/mol. The van der Waals surface area contributed by atoms with E-state index in [2.05, 4.69) is 6.92 Å². The molecule has 0 aliphatic heterocycles. The fraction of sp³-hybridized carbons (Fsp3) is 0.455. The molecule has 0 N–H and O–H groups in total. The van der Waals surface area contributed by atoms with Crippen molar-refractivity contribution in [2.24, 2.45) is 0 Å². The van der Waals surface area contributed by atoms with Gasteiger partial charge in [-0.25, -0.2) is 0 Å². The summed E-state index contributed by atoms with van der Waals surface area (Å²) in [5.41, 5.74) is 1.23. The second-order valence-corrected chi connectivity index (χ2v) is 2.89. The second-order valence-electron chi connectivity index (χ2n) is 2.89. The minimum absolute atomic E-state index is 0.238. The van der Waals surface area contributed by atoms with Gasteiger partial charge in [0, 0.05) is 7.11 Å². The molecule has 0 atom stereocenters. The maximum absolute atomic E-state index is 5.33. The Morgan fingerprint density at radius 1 is 1.14 bits per heavy atom. The van der Waals surface area contributed by atoms with E-state index >= 15 is 0 Å². The highest BCUT2D eigenvalue weighted by Crippen LogP contribution is 2.28. The molecule has 0 spiro atoms. The molecule has 0 amide bonds. The van der Waals surface area contributed by atoms with Crippen LogP contribution in [0.25, 0.3) is 0 Å². The molecule has 3 nitrogen and oxygen atoms in total. The zero-order valence-corrected chi connectivity index (χ0v) is 8.87. The van der Waals surface area contributed by atoms with Gasteiger partial charge in [0.25, 0.3) is 0 Å². The first kappa shape index (κ1) is 10.9. The molecular formula is C11H16O3. The zero-order chi connectivity index (χ0) is 10.4. The zero-order valence-electron chi connectivity index (χ0n) is 8.87. The third-order valence-corrected chi connectivity index (χ3v) is 1.97. The van der Waals surface area contributed by atoms with Gasteiger partial charge in [-0.3, -0.25) is 0 Å². The van der Waals surface area contributed by atoms with Crippen molar-refractivity contribution in [3.8, 4) is 11.5 Å². The lowest BCUT2D eigenvalue weighted by molar-refractivity contribution is 0.0491. The monoisotopic (exact) mass is 196 g/mol. The third-order valence-electron chi connectivity index (χ3n) is 1.97. The first-order valence-corrected chi connectivity index (χ1v) is 4.60. The molecule has 0 radical (unpaired) electrons. The molecule has 0 bridgehead atoms. The molecule has 0 heterocycles. The molecule has 0 aromatic heterocycles. The Morgan fingerprint density at radius 2 is 1.93 bits per heavy atom. The van der Waals surface area contributed by atoms with Crippen molar-refractivity contribution in [3.05, 3.63) is 23.8 Å². The van der Waals surface area contributed by atoms with Crippen LogP contribution in [0.1, 0.15) is 12.5 Å². The Morgan fingerprint density at radius 3 is 2.50 bits per heavy atom. The van der Waals surface area contributed by atoms with Gasteiger partial charge in [0.1, 0.15) is 0 Å². The molecule has 1 rings (SSSR count). The Bertz CT molecular complexity index is 284. The molecule has 0 unspecified atom stereocenters.